The maximum absolute atomic E-state index is 5.22. The minimum atomic E-state index is 0.583. The molecule has 3 rings (SSSR count). The topological polar surface area (TPSA) is 35.9 Å². The zero-order valence-corrected chi connectivity index (χ0v) is 12.1. The second kappa shape index (κ2) is 5.61. The van der Waals surface area contributed by atoms with Gasteiger partial charge in [0, 0.05) is 6.04 Å². The Morgan fingerprint density at radius 3 is 2.18 bits per heavy atom. The molecule has 1 saturated carbocycles. The van der Waals surface area contributed by atoms with Gasteiger partial charge in [-0.2, -0.15) is 0 Å². The van der Waals surface area contributed by atoms with Crippen molar-refractivity contribution in [2.45, 2.75) is 18.9 Å². The molecule has 1 aromatic carbocycles. The van der Waals surface area contributed by atoms with Crippen LogP contribution in [0.2, 0.25) is 0 Å². The molecule has 0 unspecified atom stereocenters. The first-order valence-electron chi connectivity index (χ1n) is 5.69. The first-order chi connectivity index (χ1) is 8.18. The molecule has 0 amide bonds. The number of nitrogens with two attached hydrogens (primary N) is 1. The summed E-state index contributed by atoms with van der Waals surface area (Å²) in [6.45, 7) is 0. The Morgan fingerprint density at radius 2 is 1.76 bits per heavy atom. The normalized spacial score (nSPS) is 14.1. The molecule has 1 aliphatic carbocycles. The first kappa shape index (κ1) is 12.5. The average molecular weight is 410 g/mol. The van der Waals surface area contributed by atoms with E-state index in [-0.39, 0.29) is 0 Å². The summed E-state index contributed by atoms with van der Waals surface area (Å²) in [6, 6.07) is 10.9. The van der Waals surface area contributed by atoms with Gasteiger partial charge >= 0.3 is 87.8 Å². The van der Waals surface area contributed by atoms with E-state index >= 15 is 0 Å². The third-order valence-electron chi connectivity index (χ3n) is 2.55. The Kier molecular flexibility index (Phi) is 4.14. The molecule has 17 heavy (non-hydrogen) atoms. The van der Waals surface area contributed by atoms with E-state index in [0.717, 1.165) is 0 Å². The fourth-order valence-corrected chi connectivity index (χ4v) is 1.95. The van der Waals surface area contributed by atoms with Gasteiger partial charge in [-0.1, -0.05) is 0 Å². The van der Waals surface area contributed by atoms with Crippen LogP contribution < -0.4 is 5.73 Å². The van der Waals surface area contributed by atoms with Crippen LogP contribution in [0.5, 0.6) is 0 Å². The van der Waals surface area contributed by atoms with Crippen molar-refractivity contribution in [3.05, 3.63) is 46.5 Å². The Labute approximate surface area is 112 Å². The van der Waals surface area contributed by atoms with Crippen molar-refractivity contribution in [1.82, 2.24) is 9.13 Å². The van der Waals surface area contributed by atoms with Gasteiger partial charge in [-0.15, -0.1) is 0 Å². The van der Waals surface area contributed by atoms with Gasteiger partial charge in [0.15, 0.2) is 0 Å². The smallest absolute Gasteiger partial charge is 0.00399 e. The maximum atomic E-state index is 5.22. The van der Waals surface area contributed by atoms with Crippen LogP contribution in [0.15, 0.2) is 42.7 Å². The van der Waals surface area contributed by atoms with E-state index in [4.69, 9.17) is 5.73 Å². The predicted octanol–water partition coefficient (Wildman–Crippen LogP) is 2.00. The van der Waals surface area contributed by atoms with Gasteiger partial charge < -0.3 is 5.73 Å². The van der Waals surface area contributed by atoms with Crippen LogP contribution in [-0.2, 0) is 26.4 Å². The third-order valence-corrected chi connectivity index (χ3v) is 3.90. The second-order valence-corrected chi connectivity index (χ2v) is 5.21. The van der Waals surface area contributed by atoms with Gasteiger partial charge in [0.1, 0.15) is 0 Å². The van der Waals surface area contributed by atoms with E-state index in [9.17, 15) is 0 Å². The summed E-state index contributed by atoms with van der Waals surface area (Å²) in [5, 5.41) is 0. The van der Waals surface area contributed by atoms with Gasteiger partial charge in [0.05, 0.1) is 0 Å². The number of hydrogen-bond acceptors (Lipinski definition) is 1. The zero-order chi connectivity index (χ0) is 12.3. The van der Waals surface area contributed by atoms with Crippen LogP contribution in [0.4, 0.5) is 0 Å². The Balaban J connectivity index is 0.000000228. The van der Waals surface area contributed by atoms with E-state index in [2.05, 4.69) is 53.0 Å². The Hall–Kier alpha value is -0.922. The maximum Gasteiger partial charge on any atom is 0.00399 e. The van der Waals surface area contributed by atoms with E-state index < -0.39 is 0 Å². The summed E-state index contributed by atoms with van der Waals surface area (Å²) >= 11 is 2.31. The molecule has 0 spiro atoms. The van der Waals surface area contributed by atoms with Crippen molar-refractivity contribution in [1.29, 1.82) is 0 Å². The minimum Gasteiger partial charge on any atom is -0.328 e. The van der Waals surface area contributed by atoms with Gasteiger partial charge in [-0.3, -0.25) is 0 Å². The standard InChI is InChI=1S/C10H10N2.C3H7N.Pt/c1-11-7-8-12(9-11)10-5-3-2-4-6-10;4-3-1-2-3;/h2-8H,1H3;3H,1-2,4H2;. The van der Waals surface area contributed by atoms with Crippen LogP contribution in [0, 0.1) is 3.80 Å². The number of aromatic nitrogens is 2. The van der Waals surface area contributed by atoms with E-state index in [0.29, 0.717) is 6.04 Å². The molecule has 1 aliphatic rings. The number of para-hydroxylation sites is 1. The number of aryl methyl sites for hydroxylation is 1. The number of benzene rings is 1. The molecule has 4 heteroatoms. The second-order valence-electron chi connectivity index (χ2n) is 4.19. The monoisotopic (exact) mass is 410 g/mol. The molecule has 3 nitrogen and oxygen atoms in total. The minimum absolute atomic E-state index is 0.583. The van der Waals surface area contributed by atoms with Gasteiger partial charge in [-0.25, -0.2) is 0 Å². The SMILES string of the molecule is Cn1ccn(-c2ccccc2)[c]1=[Pt].NC1CC1. The first-order valence-corrected chi connectivity index (χ1v) is 6.82. The number of rotatable bonds is 1. The van der Waals surface area contributed by atoms with Crippen LogP contribution in [0.25, 0.3) is 5.69 Å². The quantitative estimate of drug-likeness (QED) is 0.767. The van der Waals surface area contributed by atoms with Crippen LogP contribution >= 0.6 is 0 Å². The third kappa shape index (κ3) is 3.52. The molecule has 0 aliphatic heterocycles. The summed E-state index contributed by atoms with van der Waals surface area (Å²) < 4.78 is 5.45. The van der Waals surface area contributed by atoms with Crippen molar-refractivity contribution in [2.75, 3.05) is 0 Å². The molecule has 0 saturated heterocycles. The Morgan fingerprint density at radius 1 is 1.18 bits per heavy atom. The molecule has 0 bridgehead atoms. The van der Waals surface area contributed by atoms with Crippen molar-refractivity contribution in [3.8, 4) is 5.69 Å². The Bertz CT molecular complexity index is 523. The largest absolute Gasteiger partial charge is 0.328 e. The van der Waals surface area contributed by atoms with Crippen molar-refractivity contribution < 1.29 is 19.4 Å². The van der Waals surface area contributed by atoms with Crippen LogP contribution in [-0.4, -0.2) is 15.2 Å². The zero-order valence-electron chi connectivity index (χ0n) is 9.82. The van der Waals surface area contributed by atoms with Crippen molar-refractivity contribution >= 4 is 0 Å². The fraction of sp³-hybridized carbons (Fsp3) is 0.308. The molecule has 0 radical (unpaired) electrons. The fourth-order valence-electron chi connectivity index (χ4n) is 1.32. The summed E-state index contributed by atoms with van der Waals surface area (Å²) in [4.78, 5) is 0. The van der Waals surface area contributed by atoms with Crippen molar-refractivity contribution in [3.63, 3.8) is 0 Å². The molecule has 2 N–H and O–H groups in total. The van der Waals surface area contributed by atoms with E-state index in [1.54, 1.807) is 0 Å². The average Bonchev–Trinajstić information content (AvgIpc) is 3.06. The molecule has 94 valence electrons. The molecular formula is C13H17N3Pt. The summed E-state index contributed by atoms with van der Waals surface area (Å²) in [5.41, 5.74) is 6.42. The van der Waals surface area contributed by atoms with Gasteiger partial charge in [-0.05, 0) is 12.8 Å². The van der Waals surface area contributed by atoms with Crippen LogP contribution in [0.1, 0.15) is 12.8 Å². The molecule has 2 aromatic rings. The number of nitrogens with zero attached hydrogens (tertiary/aromatic N) is 2. The van der Waals surface area contributed by atoms with Gasteiger partial charge in [0.2, 0.25) is 0 Å². The molecular weight excluding hydrogens is 393 g/mol. The predicted molar refractivity (Wildman–Crippen MR) is 65.2 cm³/mol. The summed E-state index contributed by atoms with van der Waals surface area (Å²) in [7, 11) is 2.04. The summed E-state index contributed by atoms with van der Waals surface area (Å²) in [6.07, 6.45) is 6.65. The molecule has 1 aromatic heterocycles. The van der Waals surface area contributed by atoms with E-state index in [1.807, 2.05) is 25.2 Å². The van der Waals surface area contributed by atoms with E-state index in [1.165, 1.54) is 22.3 Å². The van der Waals surface area contributed by atoms with Gasteiger partial charge in [0.25, 0.3) is 0 Å². The van der Waals surface area contributed by atoms with Crippen LogP contribution in [0.3, 0.4) is 0 Å². The molecule has 1 fully saturated rings. The molecule has 0 atom stereocenters. The number of hydrogen-bond donors (Lipinski definition) is 1. The summed E-state index contributed by atoms with van der Waals surface area (Å²) in [5.74, 6) is 0. The molecule has 1 heterocycles. The number of imidazole rings is 1. The van der Waals surface area contributed by atoms with Crippen molar-refractivity contribution in [2.24, 2.45) is 12.8 Å².